The third-order valence-electron chi connectivity index (χ3n) is 12.3. The molecule has 2 aliphatic rings. The van der Waals surface area contributed by atoms with Crippen LogP contribution in [0.2, 0.25) is 0 Å². The fourth-order valence-corrected chi connectivity index (χ4v) is 8.70. The second-order valence-corrected chi connectivity index (χ2v) is 20.8. The Hall–Kier alpha value is -6.68. The first kappa shape index (κ1) is 42.6. The van der Waals surface area contributed by atoms with E-state index >= 15 is 0 Å². The standard InChI is InChI=1S/C56H62N8/c1-61(2,3)47-26-13-38(14-27-47)53-51-34-23-44(59-51)36-43-20-19-41(57-43)35-42-21-22-45(58-42)37-52-54(39-15-28-48(29-16-39)62(4,5)6)55(40-17-30-49(31-18-40)63(7,8)9)56(53)60(52)46-24-32-50(33-25-46)64(10,11)12/h13-37,57H,1-12H3/q+4. The molecule has 0 unspecified atom stereocenters. The van der Waals surface area contributed by atoms with Gasteiger partial charge in [0.15, 0.2) is 0 Å². The number of hydrogen-bond donors (Lipinski definition) is 1. The highest BCUT2D eigenvalue weighted by molar-refractivity contribution is 6.11. The number of aromatic amines is 1. The molecule has 7 aromatic rings. The normalized spacial score (nSPS) is 13.2. The lowest BCUT2D eigenvalue weighted by Crippen LogP contribution is -2.34. The molecule has 0 spiro atoms. The molecule has 64 heavy (non-hydrogen) atoms. The van der Waals surface area contributed by atoms with Gasteiger partial charge in [-0.1, -0.05) is 0 Å². The Morgan fingerprint density at radius 2 is 0.750 bits per heavy atom. The van der Waals surface area contributed by atoms with Crippen LogP contribution >= 0.6 is 0 Å². The highest BCUT2D eigenvalue weighted by Gasteiger charge is 2.28. The number of quaternary nitrogens is 4. The minimum Gasteiger partial charge on any atom is -0.355 e. The molecule has 9 rings (SSSR count). The van der Waals surface area contributed by atoms with E-state index in [-0.39, 0.29) is 0 Å². The fourth-order valence-electron chi connectivity index (χ4n) is 8.70. The van der Waals surface area contributed by atoms with Crippen molar-refractivity contribution in [2.45, 2.75) is 0 Å². The van der Waals surface area contributed by atoms with E-state index in [1.807, 2.05) is 0 Å². The molecule has 2 aliphatic heterocycles. The molecule has 0 radical (unpaired) electrons. The van der Waals surface area contributed by atoms with Gasteiger partial charge in [-0.3, -0.25) is 17.9 Å². The summed E-state index contributed by atoms with van der Waals surface area (Å²) < 4.78 is 5.32. The number of aromatic nitrogens is 4. The first-order chi connectivity index (χ1) is 30.2. The van der Waals surface area contributed by atoms with Gasteiger partial charge in [0, 0.05) is 45.5 Å². The topological polar surface area (TPSA) is 46.5 Å². The van der Waals surface area contributed by atoms with Crippen LogP contribution in [0.1, 0.15) is 22.8 Å². The van der Waals surface area contributed by atoms with Crippen molar-refractivity contribution in [2.24, 2.45) is 0 Å². The second-order valence-electron chi connectivity index (χ2n) is 20.8. The summed E-state index contributed by atoms with van der Waals surface area (Å²) in [6, 6.07) is 47.2. The lowest BCUT2D eigenvalue weighted by molar-refractivity contribution is 0.486. The molecule has 8 bridgehead atoms. The van der Waals surface area contributed by atoms with Gasteiger partial charge in [-0.05, 0) is 156 Å². The van der Waals surface area contributed by atoms with Crippen LogP contribution < -0.4 is 17.9 Å². The Kier molecular flexibility index (Phi) is 10.3. The minimum atomic E-state index is 0.705. The van der Waals surface area contributed by atoms with Crippen LogP contribution in [0, 0.1) is 0 Å². The average Bonchev–Trinajstić information content (AvgIpc) is 4.05. The fraction of sp³-hybridized carbons (Fsp3) is 0.214. The van der Waals surface area contributed by atoms with E-state index in [9.17, 15) is 0 Å². The van der Waals surface area contributed by atoms with Crippen molar-refractivity contribution in [1.29, 1.82) is 0 Å². The second kappa shape index (κ2) is 15.5. The summed E-state index contributed by atoms with van der Waals surface area (Å²) in [5.41, 5.74) is 20.2. The van der Waals surface area contributed by atoms with E-state index in [4.69, 9.17) is 9.97 Å². The van der Waals surface area contributed by atoms with Crippen LogP contribution in [0.4, 0.5) is 22.7 Å². The summed E-state index contributed by atoms with van der Waals surface area (Å²) in [6.07, 6.45) is 8.57. The highest BCUT2D eigenvalue weighted by Crippen LogP contribution is 2.48. The lowest BCUT2D eigenvalue weighted by Gasteiger charge is -2.24. The van der Waals surface area contributed by atoms with Gasteiger partial charge in [0.1, 0.15) is 22.7 Å². The van der Waals surface area contributed by atoms with Crippen molar-refractivity contribution in [2.75, 3.05) is 84.6 Å². The molecule has 3 aromatic heterocycles. The highest BCUT2D eigenvalue weighted by atomic mass is 15.3. The summed E-state index contributed by atoms with van der Waals surface area (Å²) in [5.74, 6) is 0. The van der Waals surface area contributed by atoms with Crippen LogP contribution in [0.5, 0.6) is 0 Å². The Morgan fingerprint density at radius 3 is 1.20 bits per heavy atom. The number of H-pyrrole nitrogens is 1. The van der Waals surface area contributed by atoms with Crippen LogP contribution in [0.25, 0.3) is 85.4 Å². The van der Waals surface area contributed by atoms with Gasteiger partial charge in [-0.2, -0.15) is 0 Å². The summed E-state index contributed by atoms with van der Waals surface area (Å²) >= 11 is 0. The van der Waals surface area contributed by atoms with Gasteiger partial charge in [-0.15, -0.1) is 0 Å². The predicted molar refractivity (Wildman–Crippen MR) is 278 cm³/mol. The number of fused-ring (bicyclic) bond motifs is 8. The molecule has 0 fully saturated rings. The first-order valence-electron chi connectivity index (χ1n) is 22.1. The molecule has 0 aliphatic carbocycles. The largest absolute Gasteiger partial charge is 0.355 e. The molecule has 4 aromatic carbocycles. The van der Waals surface area contributed by atoms with Crippen LogP contribution in [-0.4, -0.2) is 104 Å². The molecule has 8 heteroatoms. The van der Waals surface area contributed by atoms with E-state index < -0.39 is 0 Å². The lowest BCUT2D eigenvalue weighted by atomic mass is 9.92. The van der Waals surface area contributed by atoms with Crippen molar-refractivity contribution in [3.8, 4) is 39.1 Å². The van der Waals surface area contributed by atoms with Crippen molar-refractivity contribution in [3.63, 3.8) is 0 Å². The van der Waals surface area contributed by atoms with E-state index in [0.717, 1.165) is 83.9 Å². The number of hydrogen-bond acceptors (Lipinski definition) is 2. The quantitative estimate of drug-likeness (QED) is 0.155. The molecular formula is C56H62N8+4. The molecule has 0 amide bonds. The molecule has 322 valence electrons. The van der Waals surface area contributed by atoms with Gasteiger partial charge in [0.05, 0.1) is 118 Å². The van der Waals surface area contributed by atoms with Crippen LogP contribution in [0.3, 0.4) is 0 Å². The predicted octanol–water partition coefficient (Wildman–Crippen LogP) is 11.9. The van der Waals surface area contributed by atoms with E-state index in [1.165, 1.54) is 22.7 Å². The average molecular weight is 847 g/mol. The number of rotatable bonds is 8. The number of nitrogens with zero attached hydrogens (tertiary/aromatic N) is 7. The maximum absolute atomic E-state index is 5.48. The first-order valence-corrected chi connectivity index (χ1v) is 22.1. The molecule has 0 saturated heterocycles. The van der Waals surface area contributed by atoms with Crippen molar-refractivity contribution in [3.05, 3.63) is 150 Å². The van der Waals surface area contributed by atoms with Gasteiger partial charge >= 0.3 is 0 Å². The zero-order valence-electron chi connectivity index (χ0n) is 39.6. The zero-order valence-corrected chi connectivity index (χ0v) is 39.6. The molecule has 1 N–H and O–H groups in total. The van der Waals surface area contributed by atoms with E-state index in [0.29, 0.717) is 17.9 Å². The Morgan fingerprint density at radius 1 is 0.375 bits per heavy atom. The molecular weight excluding hydrogens is 785 g/mol. The van der Waals surface area contributed by atoms with E-state index in [2.05, 4.69) is 246 Å². The smallest absolute Gasteiger partial charge is 0.132 e. The zero-order chi connectivity index (χ0) is 45.3. The van der Waals surface area contributed by atoms with Gasteiger partial charge < -0.3 is 9.55 Å². The Labute approximate surface area is 379 Å². The maximum Gasteiger partial charge on any atom is 0.132 e. The van der Waals surface area contributed by atoms with Crippen molar-refractivity contribution < 1.29 is 0 Å². The van der Waals surface area contributed by atoms with Crippen molar-refractivity contribution in [1.82, 2.24) is 37.5 Å². The summed E-state index contributed by atoms with van der Waals surface area (Å²) in [7, 11) is 26.6. The third kappa shape index (κ3) is 8.29. The Balaban J connectivity index is 1.56. The molecule has 0 atom stereocenters. The molecule has 0 saturated carbocycles. The Bertz CT molecular complexity index is 3130. The van der Waals surface area contributed by atoms with Gasteiger partial charge in [0.2, 0.25) is 0 Å². The van der Waals surface area contributed by atoms with Crippen molar-refractivity contribution >= 4 is 69.1 Å². The summed E-state index contributed by atoms with van der Waals surface area (Å²) in [5, 5.41) is 0. The summed E-state index contributed by atoms with van der Waals surface area (Å²) in [4.78, 5) is 14.3. The van der Waals surface area contributed by atoms with Gasteiger partial charge in [-0.25, -0.2) is 9.97 Å². The van der Waals surface area contributed by atoms with Gasteiger partial charge in [0.25, 0.3) is 0 Å². The van der Waals surface area contributed by atoms with E-state index in [1.54, 1.807) is 0 Å². The number of benzene rings is 4. The third-order valence-corrected chi connectivity index (χ3v) is 12.3. The summed E-state index contributed by atoms with van der Waals surface area (Å²) in [6.45, 7) is 0. The SMILES string of the molecule is C[N+](C)(C)c1ccc(-c2c(-c3ccc([N+](C)(C)C)cc3)c3c(-c4ccc([N+](C)(C)C)cc4)c4nc(cc5ccc(cc6nc(cc2n3-c2ccc([N+](C)(C)C)cc2)C=C6)[nH]5)C=C4)cc1. The molecule has 8 nitrogen and oxygen atoms in total. The number of nitrogens with one attached hydrogen (secondary N) is 1. The monoisotopic (exact) mass is 847 g/mol. The molecule has 5 heterocycles. The van der Waals surface area contributed by atoms with Crippen LogP contribution in [-0.2, 0) is 0 Å². The van der Waals surface area contributed by atoms with Crippen LogP contribution in [0.15, 0.2) is 127 Å². The maximum atomic E-state index is 5.48. The minimum absolute atomic E-state index is 0.705.